The summed E-state index contributed by atoms with van der Waals surface area (Å²) in [6.45, 7) is 5.47. The van der Waals surface area contributed by atoms with Crippen LogP contribution in [0, 0.1) is 6.92 Å². The molecule has 0 aliphatic carbocycles. The molecular formula is C18H27N3. The van der Waals surface area contributed by atoms with E-state index in [0.29, 0.717) is 6.04 Å². The molecule has 2 aromatic rings. The fraction of sp³-hybridized carbons (Fsp3) is 0.500. The maximum Gasteiger partial charge on any atom is 0.0492 e. The number of rotatable bonds is 8. The van der Waals surface area contributed by atoms with Crippen molar-refractivity contribution < 1.29 is 0 Å². The first kappa shape index (κ1) is 15.8. The molecule has 1 heterocycles. The van der Waals surface area contributed by atoms with Crippen LogP contribution in [0.4, 0.5) is 0 Å². The highest BCUT2D eigenvalue weighted by atomic mass is 15.2. The summed E-state index contributed by atoms with van der Waals surface area (Å²) in [7, 11) is 2.02. The first-order valence-electron chi connectivity index (χ1n) is 7.95. The van der Waals surface area contributed by atoms with E-state index in [1.165, 1.54) is 23.2 Å². The molecule has 0 aliphatic rings. The van der Waals surface area contributed by atoms with Crippen LogP contribution in [0.15, 0.2) is 36.5 Å². The van der Waals surface area contributed by atoms with Crippen LogP contribution in [-0.2, 0) is 19.9 Å². The van der Waals surface area contributed by atoms with Gasteiger partial charge in [0.15, 0.2) is 0 Å². The number of hydrogen-bond acceptors (Lipinski definition) is 2. The van der Waals surface area contributed by atoms with Crippen molar-refractivity contribution in [3.63, 3.8) is 0 Å². The summed E-state index contributed by atoms with van der Waals surface area (Å²) in [6.07, 6.45) is 6.37. The number of nitrogens with zero attached hydrogens (tertiary/aromatic N) is 2. The average Bonchev–Trinajstić information content (AvgIpc) is 2.87. The Kier molecular flexibility index (Phi) is 6.00. The fourth-order valence-electron chi connectivity index (χ4n) is 2.72. The third kappa shape index (κ3) is 5.01. The zero-order chi connectivity index (χ0) is 15.1. The minimum absolute atomic E-state index is 0.529. The van der Waals surface area contributed by atoms with Crippen molar-refractivity contribution in [1.29, 1.82) is 0 Å². The van der Waals surface area contributed by atoms with Crippen LogP contribution >= 0.6 is 0 Å². The second-order valence-electron chi connectivity index (χ2n) is 5.83. The van der Waals surface area contributed by atoms with Crippen LogP contribution in [-0.4, -0.2) is 22.4 Å². The van der Waals surface area contributed by atoms with Crippen molar-refractivity contribution in [3.05, 3.63) is 53.3 Å². The van der Waals surface area contributed by atoms with Crippen LogP contribution in [0.3, 0.4) is 0 Å². The maximum atomic E-state index is 4.25. The molecule has 0 aliphatic heterocycles. The third-order valence-electron chi connectivity index (χ3n) is 3.92. The fourth-order valence-corrected chi connectivity index (χ4v) is 2.72. The number of nitrogens with one attached hydrogen (secondary N) is 1. The maximum absolute atomic E-state index is 4.25. The van der Waals surface area contributed by atoms with Gasteiger partial charge in [0.05, 0.1) is 0 Å². The van der Waals surface area contributed by atoms with Gasteiger partial charge in [-0.05, 0) is 50.8 Å². The van der Waals surface area contributed by atoms with E-state index in [9.17, 15) is 0 Å². The molecule has 0 saturated carbocycles. The molecule has 3 nitrogen and oxygen atoms in total. The van der Waals surface area contributed by atoms with Crippen LogP contribution in [0.2, 0.25) is 0 Å². The lowest BCUT2D eigenvalue weighted by Gasteiger charge is -2.19. The van der Waals surface area contributed by atoms with Gasteiger partial charge in [0, 0.05) is 25.0 Å². The van der Waals surface area contributed by atoms with E-state index < -0.39 is 0 Å². The van der Waals surface area contributed by atoms with E-state index in [2.05, 4.69) is 54.6 Å². The van der Waals surface area contributed by atoms with Gasteiger partial charge in [-0.1, -0.05) is 36.8 Å². The van der Waals surface area contributed by atoms with E-state index in [-0.39, 0.29) is 0 Å². The van der Waals surface area contributed by atoms with Gasteiger partial charge in [0.25, 0.3) is 0 Å². The second kappa shape index (κ2) is 7.99. The van der Waals surface area contributed by atoms with Gasteiger partial charge in [-0.15, -0.1) is 0 Å². The molecule has 3 heteroatoms. The summed E-state index contributed by atoms with van der Waals surface area (Å²) < 4.78 is 1.98. The van der Waals surface area contributed by atoms with E-state index in [0.717, 1.165) is 25.8 Å². The third-order valence-corrected chi connectivity index (χ3v) is 3.92. The zero-order valence-corrected chi connectivity index (χ0v) is 13.5. The van der Waals surface area contributed by atoms with E-state index >= 15 is 0 Å². The predicted octanol–water partition coefficient (Wildman–Crippen LogP) is 3.27. The smallest absolute Gasteiger partial charge is 0.0492 e. The van der Waals surface area contributed by atoms with Crippen molar-refractivity contribution in [1.82, 2.24) is 15.1 Å². The van der Waals surface area contributed by atoms with Gasteiger partial charge in [-0.2, -0.15) is 5.10 Å². The molecule has 1 atom stereocenters. The normalized spacial score (nSPS) is 12.5. The van der Waals surface area contributed by atoms with E-state index in [1.54, 1.807) is 0 Å². The Labute approximate surface area is 128 Å². The highest BCUT2D eigenvalue weighted by Gasteiger charge is 2.10. The Bertz CT molecular complexity index is 545. The molecule has 21 heavy (non-hydrogen) atoms. The highest BCUT2D eigenvalue weighted by molar-refractivity contribution is 5.23. The summed E-state index contributed by atoms with van der Waals surface area (Å²) in [5, 5.41) is 7.94. The topological polar surface area (TPSA) is 29.9 Å². The zero-order valence-electron chi connectivity index (χ0n) is 13.5. The van der Waals surface area contributed by atoms with Crippen molar-refractivity contribution in [2.24, 2.45) is 7.05 Å². The molecule has 0 radical (unpaired) electrons. The monoisotopic (exact) mass is 285 g/mol. The Morgan fingerprint density at radius 3 is 2.81 bits per heavy atom. The predicted molar refractivity (Wildman–Crippen MR) is 88.5 cm³/mol. The summed E-state index contributed by atoms with van der Waals surface area (Å²) in [5.41, 5.74) is 4.07. The molecule has 0 saturated heterocycles. The Morgan fingerprint density at radius 1 is 1.29 bits per heavy atom. The van der Waals surface area contributed by atoms with E-state index in [4.69, 9.17) is 0 Å². The van der Waals surface area contributed by atoms with Crippen LogP contribution in [0.1, 0.15) is 36.6 Å². The van der Waals surface area contributed by atoms with Gasteiger partial charge < -0.3 is 5.32 Å². The minimum atomic E-state index is 0.529. The molecule has 1 N–H and O–H groups in total. The molecular weight excluding hydrogens is 258 g/mol. The quantitative estimate of drug-likeness (QED) is 0.806. The van der Waals surface area contributed by atoms with Gasteiger partial charge in [-0.25, -0.2) is 0 Å². The average molecular weight is 285 g/mol. The first-order valence-corrected chi connectivity index (χ1v) is 7.95. The summed E-state index contributed by atoms with van der Waals surface area (Å²) in [5.74, 6) is 0. The molecule has 0 spiro atoms. The van der Waals surface area contributed by atoms with Crippen LogP contribution in [0.25, 0.3) is 0 Å². The van der Waals surface area contributed by atoms with Gasteiger partial charge in [-0.3, -0.25) is 4.68 Å². The van der Waals surface area contributed by atoms with E-state index in [1.807, 2.05) is 17.9 Å². The largest absolute Gasteiger partial charge is 0.314 e. The Balaban J connectivity index is 1.95. The Hall–Kier alpha value is -1.61. The molecule has 1 unspecified atom stereocenters. The molecule has 0 amide bonds. The second-order valence-corrected chi connectivity index (χ2v) is 5.83. The number of aromatic nitrogens is 2. The number of aryl methyl sites for hydroxylation is 3. The number of benzene rings is 1. The standard InChI is InChI=1S/C18H27N3/c1-4-11-19-17(8-9-18-10-12-20-21(18)3)14-16-7-5-6-15(2)13-16/h5-7,10,12-13,17,19H,4,8-9,11,14H2,1-3H3. The first-order chi connectivity index (χ1) is 10.2. The molecule has 0 bridgehead atoms. The Morgan fingerprint density at radius 2 is 2.14 bits per heavy atom. The lowest BCUT2D eigenvalue weighted by Crippen LogP contribution is -2.32. The summed E-state index contributed by atoms with van der Waals surface area (Å²) in [6, 6.07) is 11.5. The highest BCUT2D eigenvalue weighted by Crippen LogP contribution is 2.11. The van der Waals surface area contributed by atoms with Crippen molar-refractivity contribution >= 4 is 0 Å². The molecule has 114 valence electrons. The van der Waals surface area contributed by atoms with Crippen molar-refractivity contribution in [2.75, 3.05) is 6.54 Å². The molecule has 0 fully saturated rings. The summed E-state index contributed by atoms with van der Waals surface area (Å²) >= 11 is 0. The van der Waals surface area contributed by atoms with Crippen molar-refractivity contribution in [2.45, 2.75) is 45.6 Å². The number of hydrogen-bond donors (Lipinski definition) is 1. The SMILES string of the molecule is CCCNC(CCc1ccnn1C)Cc1cccc(C)c1. The van der Waals surface area contributed by atoms with Gasteiger partial charge in [0.2, 0.25) is 0 Å². The van der Waals surface area contributed by atoms with Crippen molar-refractivity contribution in [3.8, 4) is 0 Å². The lowest BCUT2D eigenvalue weighted by molar-refractivity contribution is 0.471. The summed E-state index contributed by atoms with van der Waals surface area (Å²) in [4.78, 5) is 0. The molecule has 2 rings (SSSR count). The van der Waals surface area contributed by atoms with Crippen LogP contribution in [0.5, 0.6) is 0 Å². The molecule has 1 aromatic carbocycles. The van der Waals surface area contributed by atoms with Gasteiger partial charge >= 0.3 is 0 Å². The minimum Gasteiger partial charge on any atom is -0.314 e. The van der Waals surface area contributed by atoms with Crippen LogP contribution < -0.4 is 5.32 Å². The molecule has 1 aromatic heterocycles. The lowest BCUT2D eigenvalue weighted by atomic mass is 9.99. The van der Waals surface area contributed by atoms with Gasteiger partial charge in [0.1, 0.15) is 0 Å².